The van der Waals surface area contributed by atoms with Gasteiger partial charge in [0.25, 0.3) is 0 Å². The molecule has 154 valence electrons. The summed E-state index contributed by atoms with van der Waals surface area (Å²) in [5.41, 5.74) is 6.75. The van der Waals surface area contributed by atoms with Crippen molar-refractivity contribution in [3.63, 3.8) is 0 Å². The molecule has 2 N–H and O–H groups in total. The van der Waals surface area contributed by atoms with E-state index in [1.807, 2.05) is 0 Å². The number of pyridine rings is 1. The number of nitrogen functional groups attached to an aromatic ring is 1. The van der Waals surface area contributed by atoms with Crippen molar-refractivity contribution >= 4 is 22.4 Å². The van der Waals surface area contributed by atoms with Crippen LogP contribution < -0.4 is 5.73 Å². The number of aromatic nitrogens is 1. The van der Waals surface area contributed by atoms with Gasteiger partial charge in [0, 0.05) is 56.4 Å². The minimum Gasteiger partial charge on any atom is -0.396 e. The molecule has 0 radical (unpaired) electrons. The summed E-state index contributed by atoms with van der Waals surface area (Å²) >= 11 is 0. The van der Waals surface area contributed by atoms with Crippen LogP contribution >= 0.6 is 0 Å². The topological polar surface area (TPSA) is 68.5 Å². The van der Waals surface area contributed by atoms with Crippen molar-refractivity contribution in [1.29, 1.82) is 0 Å². The minimum atomic E-state index is -0.541. The third kappa shape index (κ3) is 3.64. The molecule has 0 bridgehead atoms. The summed E-state index contributed by atoms with van der Waals surface area (Å²) in [6.45, 7) is 5.35. The number of halogens is 1. The summed E-state index contributed by atoms with van der Waals surface area (Å²) in [6, 6.07) is 4.69. The number of piperidine rings is 1. The molecule has 2 saturated heterocycles. The summed E-state index contributed by atoms with van der Waals surface area (Å²) in [6.07, 6.45) is 5.33. The van der Waals surface area contributed by atoms with Crippen molar-refractivity contribution in [3.8, 4) is 0 Å². The van der Waals surface area contributed by atoms with E-state index in [-0.39, 0.29) is 11.5 Å². The molecule has 3 aliphatic rings. The van der Waals surface area contributed by atoms with Crippen LogP contribution in [0.15, 0.2) is 24.4 Å². The highest BCUT2D eigenvalue weighted by atomic mass is 19.1. The molecule has 2 atom stereocenters. The third-order valence-corrected chi connectivity index (χ3v) is 7.19. The number of carbonyl (C=O) groups excluding carboxylic acids is 1. The Kier molecular flexibility index (Phi) is 5.00. The van der Waals surface area contributed by atoms with Gasteiger partial charge < -0.3 is 15.4 Å². The fraction of sp³-hybridized carbons (Fsp3) is 0.565. The standard InChI is InChI=1S/C23H28FN3O2/c24-20-10-17(23-16(22(20)25)2-1-7-26-23)21(28)4-3-15-18-12-27(13-19(15)18)11-14-5-8-29-9-6-14/h1-2,7,10,14-15,18-19H,3-6,8-9,11-13,25H2. The van der Waals surface area contributed by atoms with Crippen molar-refractivity contribution in [2.75, 3.05) is 38.6 Å². The number of nitrogens with zero attached hydrogens (tertiary/aromatic N) is 2. The van der Waals surface area contributed by atoms with Crippen LogP contribution in [0.25, 0.3) is 10.9 Å². The Morgan fingerprint density at radius 2 is 2.03 bits per heavy atom. The van der Waals surface area contributed by atoms with Crippen LogP contribution in [0.5, 0.6) is 0 Å². The maximum absolute atomic E-state index is 14.2. The predicted molar refractivity (Wildman–Crippen MR) is 110 cm³/mol. The Hall–Kier alpha value is -2.05. The van der Waals surface area contributed by atoms with Gasteiger partial charge in [0.2, 0.25) is 0 Å². The van der Waals surface area contributed by atoms with E-state index in [1.165, 1.54) is 38.5 Å². The Bertz CT molecular complexity index is 916. The molecule has 6 heteroatoms. The maximum atomic E-state index is 14.2. The first-order valence-electron chi connectivity index (χ1n) is 10.8. The van der Waals surface area contributed by atoms with E-state index in [4.69, 9.17) is 10.5 Å². The third-order valence-electron chi connectivity index (χ3n) is 7.19. The van der Waals surface area contributed by atoms with Gasteiger partial charge >= 0.3 is 0 Å². The van der Waals surface area contributed by atoms with Gasteiger partial charge in [0.1, 0.15) is 5.82 Å². The average molecular weight is 397 g/mol. The molecule has 3 heterocycles. The number of nitrogens with two attached hydrogens (primary N) is 1. The van der Waals surface area contributed by atoms with Gasteiger partial charge in [0.05, 0.1) is 11.2 Å². The largest absolute Gasteiger partial charge is 0.396 e. The van der Waals surface area contributed by atoms with Crippen molar-refractivity contribution in [1.82, 2.24) is 9.88 Å². The van der Waals surface area contributed by atoms with Crippen molar-refractivity contribution in [3.05, 3.63) is 35.8 Å². The molecule has 0 amide bonds. The number of ketones is 1. The van der Waals surface area contributed by atoms with Crippen molar-refractivity contribution in [2.45, 2.75) is 25.7 Å². The second-order valence-electron chi connectivity index (χ2n) is 8.95. The number of ether oxygens (including phenoxy) is 1. The summed E-state index contributed by atoms with van der Waals surface area (Å²) < 4.78 is 19.6. The molecule has 1 saturated carbocycles. The monoisotopic (exact) mass is 397 g/mol. The van der Waals surface area contributed by atoms with Gasteiger partial charge in [-0.25, -0.2) is 4.39 Å². The van der Waals surface area contributed by atoms with Crippen LogP contribution in [0.2, 0.25) is 0 Å². The van der Waals surface area contributed by atoms with Crippen LogP contribution in [-0.4, -0.2) is 48.5 Å². The lowest BCUT2D eigenvalue weighted by Gasteiger charge is -2.28. The number of benzene rings is 1. The lowest BCUT2D eigenvalue weighted by atomic mass is 9.98. The molecule has 5 nitrogen and oxygen atoms in total. The highest BCUT2D eigenvalue weighted by Gasteiger charge is 2.54. The van der Waals surface area contributed by atoms with Crippen molar-refractivity contribution < 1.29 is 13.9 Å². The number of anilines is 1. The number of hydrogen-bond donors (Lipinski definition) is 1. The molecule has 1 aromatic carbocycles. The van der Waals surface area contributed by atoms with E-state index in [1.54, 1.807) is 18.3 Å². The van der Waals surface area contributed by atoms with E-state index in [0.717, 1.165) is 37.4 Å². The van der Waals surface area contributed by atoms with Gasteiger partial charge in [-0.2, -0.15) is 0 Å². The molecular weight excluding hydrogens is 369 g/mol. The normalized spacial score (nSPS) is 27.3. The lowest BCUT2D eigenvalue weighted by Crippen LogP contribution is -2.33. The number of hydrogen-bond acceptors (Lipinski definition) is 5. The number of rotatable bonds is 6. The van der Waals surface area contributed by atoms with Gasteiger partial charge in [0.15, 0.2) is 5.78 Å². The highest BCUT2D eigenvalue weighted by molar-refractivity contribution is 6.09. The maximum Gasteiger partial charge on any atom is 0.165 e. The zero-order chi connectivity index (χ0) is 20.0. The quantitative estimate of drug-likeness (QED) is 0.597. The van der Waals surface area contributed by atoms with Crippen LogP contribution in [0.4, 0.5) is 10.1 Å². The van der Waals surface area contributed by atoms with E-state index in [2.05, 4.69) is 9.88 Å². The van der Waals surface area contributed by atoms with E-state index >= 15 is 0 Å². The Morgan fingerprint density at radius 1 is 1.28 bits per heavy atom. The van der Waals surface area contributed by atoms with Crippen LogP contribution in [-0.2, 0) is 4.74 Å². The molecule has 5 rings (SSSR count). The summed E-state index contributed by atoms with van der Waals surface area (Å²) in [5, 5.41) is 0.517. The zero-order valence-corrected chi connectivity index (χ0v) is 16.6. The van der Waals surface area contributed by atoms with Gasteiger partial charge in [-0.3, -0.25) is 9.78 Å². The number of fused-ring (bicyclic) bond motifs is 2. The number of likely N-dealkylation sites (tertiary alicyclic amines) is 1. The van der Waals surface area contributed by atoms with Gasteiger partial charge in [-0.05, 0) is 61.1 Å². The van der Waals surface area contributed by atoms with E-state index < -0.39 is 5.82 Å². The first-order chi connectivity index (χ1) is 14.1. The number of carbonyl (C=O) groups is 1. The average Bonchev–Trinajstić information content (AvgIpc) is 3.20. The van der Waals surface area contributed by atoms with E-state index in [0.29, 0.717) is 28.8 Å². The molecule has 1 aliphatic carbocycles. The van der Waals surface area contributed by atoms with Crippen molar-refractivity contribution in [2.24, 2.45) is 23.7 Å². The van der Waals surface area contributed by atoms with Gasteiger partial charge in [-0.15, -0.1) is 0 Å². The lowest BCUT2D eigenvalue weighted by molar-refractivity contribution is 0.0535. The predicted octanol–water partition coefficient (Wildman–Crippen LogP) is 3.52. The Balaban J connectivity index is 1.16. The molecule has 3 fully saturated rings. The van der Waals surface area contributed by atoms with Crippen LogP contribution in [0.1, 0.15) is 36.0 Å². The fourth-order valence-electron chi connectivity index (χ4n) is 5.49. The minimum absolute atomic E-state index is 0.0309. The molecule has 2 unspecified atom stereocenters. The highest BCUT2D eigenvalue weighted by Crippen LogP contribution is 2.54. The van der Waals surface area contributed by atoms with Crippen LogP contribution in [0, 0.1) is 29.5 Å². The van der Waals surface area contributed by atoms with E-state index in [9.17, 15) is 9.18 Å². The molecule has 2 aromatic rings. The first-order valence-corrected chi connectivity index (χ1v) is 10.8. The molecule has 1 aromatic heterocycles. The second kappa shape index (κ2) is 7.65. The smallest absolute Gasteiger partial charge is 0.165 e. The Labute approximate surface area is 170 Å². The molecule has 2 aliphatic heterocycles. The fourth-order valence-corrected chi connectivity index (χ4v) is 5.49. The SMILES string of the molecule is Nc1c(F)cc(C(=O)CCC2C3CN(CC4CCOCC4)CC23)c2ncccc12. The molecular formula is C23H28FN3O2. The first kappa shape index (κ1) is 18.9. The zero-order valence-electron chi connectivity index (χ0n) is 16.6. The second-order valence-corrected chi connectivity index (χ2v) is 8.95. The Morgan fingerprint density at radius 3 is 2.79 bits per heavy atom. The number of Topliss-reactive ketones (excluding diaryl/α,β-unsaturated/α-hetero) is 1. The molecule has 29 heavy (non-hydrogen) atoms. The van der Waals surface area contributed by atoms with Crippen LogP contribution in [0.3, 0.4) is 0 Å². The van der Waals surface area contributed by atoms with Gasteiger partial charge in [-0.1, -0.05) is 0 Å². The summed E-state index contributed by atoms with van der Waals surface area (Å²) in [7, 11) is 0. The summed E-state index contributed by atoms with van der Waals surface area (Å²) in [4.78, 5) is 19.7. The summed E-state index contributed by atoms with van der Waals surface area (Å²) in [5.74, 6) is 2.32. The molecule has 0 spiro atoms.